The lowest BCUT2D eigenvalue weighted by atomic mass is 10.0. The van der Waals surface area contributed by atoms with Gasteiger partial charge in [0.2, 0.25) is 5.91 Å². The fraction of sp³-hybridized carbons (Fsp3) is 0.207. The molecule has 0 radical (unpaired) electrons. The van der Waals surface area contributed by atoms with E-state index < -0.39 is 0 Å². The first-order chi connectivity index (χ1) is 17.9. The van der Waals surface area contributed by atoms with E-state index in [1.807, 2.05) is 86.8 Å². The Kier molecular flexibility index (Phi) is 7.26. The molecule has 2 unspecified atom stereocenters. The van der Waals surface area contributed by atoms with Crippen LogP contribution in [0, 0.1) is 13.8 Å². The van der Waals surface area contributed by atoms with Crippen LogP contribution in [-0.4, -0.2) is 32.0 Å². The highest BCUT2D eigenvalue weighted by atomic mass is 35.5. The van der Waals surface area contributed by atoms with Crippen LogP contribution in [0.15, 0.2) is 85.2 Å². The van der Waals surface area contributed by atoms with E-state index in [1.54, 1.807) is 6.20 Å². The van der Waals surface area contributed by atoms with Gasteiger partial charge in [-0.1, -0.05) is 35.9 Å². The lowest BCUT2D eigenvalue weighted by Gasteiger charge is -2.29. The summed E-state index contributed by atoms with van der Waals surface area (Å²) in [6.07, 6.45) is 4.09. The first-order valence-electron chi connectivity index (χ1n) is 12.2. The molecule has 4 aromatic rings. The third-order valence-corrected chi connectivity index (χ3v) is 7.20. The molecule has 1 saturated heterocycles. The summed E-state index contributed by atoms with van der Waals surface area (Å²) >= 11 is 12.1. The SMILES string of the molecule is Cc1ccc(C)c(NC(=O)CCN2C(=S)NC(c3ccccn3)C2c2cccn2-c2cccc(Cl)c2)c1. The molecule has 1 fully saturated rings. The molecular formula is C29H28ClN5OS. The van der Waals surface area contributed by atoms with Crippen molar-refractivity contribution in [2.75, 3.05) is 11.9 Å². The molecule has 2 N–H and O–H groups in total. The number of anilines is 1. The summed E-state index contributed by atoms with van der Waals surface area (Å²) in [4.78, 5) is 19.7. The summed E-state index contributed by atoms with van der Waals surface area (Å²) in [5, 5.41) is 7.79. The van der Waals surface area contributed by atoms with Gasteiger partial charge in [-0.15, -0.1) is 0 Å². The third kappa shape index (κ3) is 5.38. The van der Waals surface area contributed by atoms with Crippen molar-refractivity contribution >= 4 is 40.5 Å². The van der Waals surface area contributed by atoms with Gasteiger partial charge in [-0.05, 0) is 85.7 Å². The van der Waals surface area contributed by atoms with Gasteiger partial charge >= 0.3 is 0 Å². The number of carbonyl (C=O) groups excluding carboxylic acids is 1. The fourth-order valence-electron chi connectivity index (χ4n) is 4.77. The number of hydrogen-bond acceptors (Lipinski definition) is 3. The number of aryl methyl sites for hydroxylation is 2. The van der Waals surface area contributed by atoms with E-state index in [-0.39, 0.29) is 18.0 Å². The number of hydrogen-bond donors (Lipinski definition) is 2. The Hall–Kier alpha value is -3.68. The molecule has 0 saturated carbocycles. The van der Waals surface area contributed by atoms with Crippen molar-refractivity contribution < 1.29 is 4.79 Å². The molecular weight excluding hydrogens is 502 g/mol. The maximum absolute atomic E-state index is 13.0. The van der Waals surface area contributed by atoms with E-state index in [0.29, 0.717) is 23.1 Å². The van der Waals surface area contributed by atoms with Crippen LogP contribution in [0.4, 0.5) is 5.69 Å². The van der Waals surface area contributed by atoms with Crippen LogP contribution < -0.4 is 10.6 Å². The normalized spacial score (nSPS) is 17.1. The zero-order valence-corrected chi connectivity index (χ0v) is 22.3. The second-order valence-electron chi connectivity index (χ2n) is 9.22. The van der Waals surface area contributed by atoms with Crippen molar-refractivity contribution in [1.29, 1.82) is 0 Å². The zero-order chi connectivity index (χ0) is 25.9. The lowest BCUT2D eigenvalue weighted by Crippen LogP contribution is -2.33. The monoisotopic (exact) mass is 529 g/mol. The Morgan fingerprint density at radius 2 is 1.95 bits per heavy atom. The highest BCUT2D eigenvalue weighted by molar-refractivity contribution is 7.80. The maximum atomic E-state index is 13.0. The van der Waals surface area contributed by atoms with E-state index >= 15 is 0 Å². The number of pyridine rings is 1. The lowest BCUT2D eigenvalue weighted by molar-refractivity contribution is -0.116. The molecule has 37 heavy (non-hydrogen) atoms. The standard InChI is InChI=1S/C29H28ClN5OS/c1-19-11-12-20(2)24(17-19)32-26(36)13-16-35-28(27(33-29(35)37)23-9-3-4-14-31-23)25-10-6-15-34(25)22-8-5-7-21(30)18-22/h3-12,14-15,17-18,27-28H,13,16H2,1-2H3,(H,32,36)(H,33,37). The van der Waals surface area contributed by atoms with E-state index in [1.165, 1.54) is 0 Å². The number of carbonyl (C=O) groups is 1. The largest absolute Gasteiger partial charge is 0.352 e. The van der Waals surface area contributed by atoms with Crippen LogP contribution in [-0.2, 0) is 4.79 Å². The number of halogens is 1. The van der Waals surface area contributed by atoms with E-state index in [2.05, 4.69) is 31.2 Å². The van der Waals surface area contributed by atoms with Crippen molar-refractivity contribution in [2.45, 2.75) is 32.4 Å². The van der Waals surface area contributed by atoms with Crippen molar-refractivity contribution in [3.8, 4) is 5.69 Å². The minimum atomic E-state index is -0.177. The smallest absolute Gasteiger partial charge is 0.226 e. The summed E-state index contributed by atoms with van der Waals surface area (Å²) < 4.78 is 2.12. The van der Waals surface area contributed by atoms with Gasteiger partial charge in [0.25, 0.3) is 0 Å². The third-order valence-electron chi connectivity index (χ3n) is 6.61. The van der Waals surface area contributed by atoms with Gasteiger partial charge in [0.1, 0.15) is 0 Å². The Balaban J connectivity index is 1.44. The average Bonchev–Trinajstić information content (AvgIpc) is 3.49. The number of thiocarbonyl (C=S) groups is 1. The summed E-state index contributed by atoms with van der Waals surface area (Å²) in [5.41, 5.74) is 5.84. The Labute approximate surface area is 227 Å². The molecule has 1 aliphatic heterocycles. The molecule has 2 aromatic carbocycles. The van der Waals surface area contributed by atoms with Crippen molar-refractivity contribution in [3.05, 3.63) is 113 Å². The van der Waals surface area contributed by atoms with Crippen molar-refractivity contribution in [2.24, 2.45) is 0 Å². The molecule has 2 atom stereocenters. The average molecular weight is 530 g/mol. The number of benzene rings is 2. The molecule has 3 heterocycles. The number of nitrogens with zero attached hydrogens (tertiary/aromatic N) is 3. The minimum absolute atomic E-state index is 0.0539. The van der Waals surface area contributed by atoms with Gasteiger partial charge in [0.15, 0.2) is 5.11 Å². The summed E-state index contributed by atoms with van der Waals surface area (Å²) in [5.74, 6) is -0.0539. The van der Waals surface area contributed by atoms with Crippen LogP contribution in [0.5, 0.6) is 0 Å². The summed E-state index contributed by atoms with van der Waals surface area (Å²) in [7, 11) is 0. The van der Waals surface area contributed by atoms with E-state index in [0.717, 1.165) is 33.9 Å². The van der Waals surface area contributed by atoms with Crippen LogP contribution in [0.2, 0.25) is 5.02 Å². The fourth-order valence-corrected chi connectivity index (χ4v) is 5.29. The first kappa shape index (κ1) is 25.0. The number of amides is 1. The molecule has 5 rings (SSSR count). The quantitative estimate of drug-likeness (QED) is 0.281. The van der Waals surface area contributed by atoms with Gasteiger partial charge in [-0.2, -0.15) is 0 Å². The topological polar surface area (TPSA) is 62.2 Å². The van der Waals surface area contributed by atoms with Gasteiger partial charge in [0, 0.05) is 47.5 Å². The number of aromatic nitrogens is 2. The van der Waals surface area contributed by atoms with E-state index in [9.17, 15) is 4.79 Å². The van der Waals surface area contributed by atoms with E-state index in [4.69, 9.17) is 23.8 Å². The predicted molar refractivity (Wildman–Crippen MR) is 152 cm³/mol. The molecule has 2 aromatic heterocycles. The van der Waals surface area contributed by atoms with Crippen LogP contribution >= 0.6 is 23.8 Å². The van der Waals surface area contributed by atoms with Gasteiger partial charge in [-0.3, -0.25) is 9.78 Å². The van der Waals surface area contributed by atoms with Crippen molar-refractivity contribution in [1.82, 2.24) is 19.8 Å². The zero-order valence-electron chi connectivity index (χ0n) is 20.7. The summed E-state index contributed by atoms with van der Waals surface area (Å²) in [6.45, 7) is 4.46. The molecule has 8 heteroatoms. The Morgan fingerprint density at radius 1 is 1.08 bits per heavy atom. The Morgan fingerprint density at radius 3 is 2.73 bits per heavy atom. The second-order valence-corrected chi connectivity index (χ2v) is 10.0. The van der Waals surface area contributed by atoms with Gasteiger partial charge in [0.05, 0.1) is 17.8 Å². The maximum Gasteiger partial charge on any atom is 0.226 e. The predicted octanol–water partition coefficient (Wildman–Crippen LogP) is 6.14. The molecule has 0 aliphatic carbocycles. The highest BCUT2D eigenvalue weighted by Crippen LogP contribution is 2.39. The van der Waals surface area contributed by atoms with Crippen LogP contribution in [0.25, 0.3) is 5.69 Å². The molecule has 6 nitrogen and oxygen atoms in total. The van der Waals surface area contributed by atoms with Gasteiger partial charge < -0.3 is 20.1 Å². The Bertz CT molecular complexity index is 1440. The minimum Gasteiger partial charge on any atom is -0.352 e. The second kappa shape index (κ2) is 10.7. The van der Waals surface area contributed by atoms with Gasteiger partial charge in [-0.25, -0.2) is 0 Å². The number of nitrogens with one attached hydrogen (secondary N) is 2. The summed E-state index contributed by atoms with van der Waals surface area (Å²) in [6, 6.07) is 23.4. The number of rotatable bonds is 7. The molecule has 1 amide bonds. The van der Waals surface area contributed by atoms with Crippen LogP contribution in [0.3, 0.4) is 0 Å². The van der Waals surface area contributed by atoms with Crippen molar-refractivity contribution in [3.63, 3.8) is 0 Å². The molecule has 0 spiro atoms. The highest BCUT2D eigenvalue weighted by Gasteiger charge is 2.41. The molecule has 188 valence electrons. The molecule has 1 aliphatic rings. The molecule has 0 bridgehead atoms. The van der Waals surface area contributed by atoms with Crippen LogP contribution in [0.1, 0.15) is 41.0 Å². The first-order valence-corrected chi connectivity index (χ1v) is 13.0.